The lowest BCUT2D eigenvalue weighted by atomic mass is 10.3. The molecule has 1 saturated heterocycles. The van der Waals surface area contributed by atoms with Crippen LogP contribution in [0.2, 0.25) is 0 Å². The van der Waals surface area contributed by atoms with E-state index in [-0.39, 0.29) is 18.5 Å². The van der Waals surface area contributed by atoms with Crippen molar-refractivity contribution in [1.29, 1.82) is 0 Å². The average molecular weight is 232 g/mol. The van der Waals surface area contributed by atoms with E-state index in [1.54, 1.807) is 5.38 Å². The van der Waals surface area contributed by atoms with Crippen molar-refractivity contribution < 1.29 is 9.84 Å². The van der Waals surface area contributed by atoms with Gasteiger partial charge in [-0.1, -0.05) is 9.59 Å². The molecule has 1 aliphatic heterocycles. The van der Waals surface area contributed by atoms with E-state index in [1.807, 2.05) is 0 Å². The molecule has 15 heavy (non-hydrogen) atoms. The van der Waals surface area contributed by atoms with Gasteiger partial charge in [-0.05, 0) is 11.5 Å². The zero-order valence-electron chi connectivity index (χ0n) is 8.16. The fourth-order valence-corrected chi connectivity index (χ4v) is 2.11. The van der Waals surface area contributed by atoms with Gasteiger partial charge in [-0.25, -0.2) is 0 Å². The summed E-state index contributed by atoms with van der Waals surface area (Å²) in [5, 5.41) is 30.3. The lowest BCUT2D eigenvalue weighted by molar-refractivity contribution is 0.0336. The molecule has 0 amide bonds. The van der Waals surface area contributed by atoms with Crippen molar-refractivity contribution >= 4 is 17.4 Å². The number of hydrogen-bond acceptors (Lipinski definition) is 7. The molecular formula is C7H12N4O3S. The molecule has 2 heterocycles. The van der Waals surface area contributed by atoms with Gasteiger partial charge in [0.25, 0.3) is 5.82 Å². The molecule has 0 saturated carbocycles. The Bertz CT molecular complexity index is 322. The molecule has 3 unspecified atom stereocenters. The van der Waals surface area contributed by atoms with E-state index in [4.69, 9.17) is 4.74 Å². The molecule has 3 atom stereocenters. The van der Waals surface area contributed by atoms with Gasteiger partial charge in [0, 0.05) is 7.11 Å². The second kappa shape index (κ2) is 4.08. The topological polar surface area (TPSA) is 90.3 Å². The third-order valence-corrected chi connectivity index (χ3v) is 2.95. The third-order valence-electron chi connectivity index (χ3n) is 2.46. The Morgan fingerprint density at radius 3 is 3.27 bits per heavy atom. The van der Waals surface area contributed by atoms with E-state index in [0.29, 0.717) is 6.61 Å². The molecule has 7 nitrogen and oxygen atoms in total. The van der Waals surface area contributed by atoms with Crippen molar-refractivity contribution in [2.24, 2.45) is 0 Å². The first-order chi connectivity index (χ1) is 7.18. The van der Waals surface area contributed by atoms with Crippen LogP contribution in [0.5, 0.6) is 0 Å². The summed E-state index contributed by atoms with van der Waals surface area (Å²) >= 11 is 1.09. The quantitative estimate of drug-likeness (QED) is 0.526. The van der Waals surface area contributed by atoms with Crippen molar-refractivity contribution in [1.82, 2.24) is 19.6 Å². The minimum Gasteiger partial charge on any atom is -0.623 e. The molecule has 1 aromatic rings. The SMILES string of the molecule is COCC1NC[N+]([O-])(c2csnn2)C1O. The summed E-state index contributed by atoms with van der Waals surface area (Å²) in [4.78, 5) is 0. The number of aliphatic hydroxyl groups excluding tert-OH is 1. The highest BCUT2D eigenvalue weighted by atomic mass is 32.1. The lowest BCUT2D eigenvalue weighted by Crippen LogP contribution is -2.51. The molecule has 8 heteroatoms. The summed E-state index contributed by atoms with van der Waals surface area (Å²) in [6.45, 7) is 0.377. The van der Waals surface area contributed by atoms with E-state index in [1.165, 1.54) is 7.11 Å². The van der Waals surface area contributed by atoms with Crippen LogP contribution in [0.4, 0.5) is 5.82 Å². The maximum Gasteiger partial charge on any atom is 0.262 e. The van der Waals surface area contributed by atoms with Crippen molar-refractivity contribution in [3.05, 3.63) is 10.6 Å². The van der Waals surface area contributed by atoms with Crippen molar-refractivity contribution in [3.8, 4) is 0 Å². The maximum absolute atomic E-state index is 12.3. The largest absolute Gasteiger partial charge is 0.623 e. The summed E-state index contributed by atoms with van der Waals surface area (Å²) in [5.41, 5.74) is 0. The number of aliphatic hydroxyl groups is 1. The third kappa shape index (κ3) is 1.75. The molecule has 1 aliphatic rings. The fourth-order valence-electron chi connectivity index (χ4n) is 1.61. The average Bonchev–Trinajstić information content (AvgIpc) is 2.83. The van der Waals surface area contributed by atoms with Crippen LogP contribution >= 0.6 is 11.5 Å². The summed E-state index contributed by atoms with van der Waals surface area (Å²) < 4.78 is 7.63. The van der Waals surface area contributed by atoms with Crippen molar-refractivity contribution in [2.45, 2.75) is 12.3 Å². The number of quaternary nitrogens is 1. The molecule has 0 bridgehead atoms. The number of nitrogens with one attached hydrogen (secondary N) is 1. The molecule has 0 aliphatic carbocycles. The first-order valence-electron chi connectivity index (χ1n) is 4.45. The number of methoxy groups -OCH3 is 1. The van der Waals surface area contributed by atoms with Crippen LogP contribution in [0.3, 0.4) is 0 Å². The Kier molecular flexibility index (Phi) is 2.96. The number of hydrogen-bond donors (Lipinski definition) is 2. The van der Waals surface area contributed by atoms with E-state index < -0.39 is 10.9 Å². The molecule has 1 fully saturated rings. The highest BCUT2D eigenvalue weighted by Gasteiger charge is 2.44. The Morgan fingerprint density at radius 2 is 2.67 bits per heavy atom. The summed E-state index contributed by atoms with van der Waals surface area (Å²) in [6, 6.07) is -0.366. The molecule has 84 valence electrons. The monoisotopic (exact) mass is 232 g/mol. The van der Waals surface area contributed by atoms with Gasteiger partial charge in [0.05, 0.1) is 12.0 Å². The van der Waals surface area contributed by atoms with Crippen LogP contribution in [-0.4, -0.2) is 47.3 Å². The highest BCUT2D eigenvalue weighted by molar-refractivity contribution is 7.03. The minimum absolute atomic E-state index is 0.0839. The molecule has 2 N–H and O–H groups in total. The summed E-state index contributed by atoms with van der Waals surface area (Å²) in [5.74, 6) is 0.235. The van der Waals surface area contributed by atoms with Crippen molar-refractivity contribution in [2.75, 3.05) is 20.4 Å². The smallest absolute Gasteiger partial charge is 0.262 e. The highest BCUT2D eigenvalue weighted by Crippen LogP contribution is 2.27. The molecule has 0 aromatic carbocycles. The predicted molar refractivity (Wildman–Crippen MR) is 54.7 cm³/mol. The van der Waals surface area contributed by atoms with Crippen LogP contribution in [-0.2, 0) is 4.74 Å². The molecule has 0 spiro atoms. The molecule has 0 radical (unpaired) electrons. The van der Waals surface area contributed by atoms with Gasteiger partial charge in [0.2, 0.25) is 6.23 Å². The summed E-state index contributed by atoms with van der Waals surface area (Å²) in [7, 11) is 1.52. The predicted octanol–water partition coefficient (Wildman–Crippen LogP) is -0.763. The van der Waals surface area contributed by atoms with Crippen LogP contribution < -0.4 is 9.96 Å². The van der Waals surface area contributed by atoms with Gasteiger partial charge in [-0.2, -0.15) is 0 Å². The number of rotatable bonds is 3. The Balaban J connectivity index is 2.17. The maximum atomic E-state index is 12.3. The zero-order chi connectivity index (χ0) is 10.9. The Labute approximate surface area is 90.6 Å². The van der Waals surface area contributed by atoms with Gasteiger partial charge in [0.1, 0.15) is 12.7 Å². The van der Waals surface area contributed by atoms with E-state index in [2.05, 4.69) is 14.9 Å². The summed E-state index contributed by atoms with van der Waals surface area (Å²) in [6.07, 6.45) is -1.10. The zero-order valence-corrected chi connectivity index (χ0v) is 8.98. The number of ether oxygens (including phenoxy) is 1. The van der Waals surface area contributed by atoms with Crippen LogP contribution in [0, 0.1) is 5.21 Å². The van der Waals surface area contributed by atoms with Crippen LogP contribution in [0.1, 0.15) is 0 Å². The van der Waals surface area contributed by atoms with Gasteiger partial charge in [0.15, 0.2) is 0 Å². The lowest BCUT2D eigenvalue weighted by Gasteiger charge is -2.37. The van der Waals surface area contributed by atoms with E-state index >= 15 is 0 Å². The standard InChI is InChI=1S/C7H12N4O3S/c1-14-2-5-7(12)11(13,4-8-5)6-3-15-10-9-6/h3,5,7-8,12H,2,4H2,1H3. The van der Waals surface area contributed by atoms with Crippen molar-refractivity contribution in [3.63, 3.8) is 0 Å². The number of aromatic nitrogens is 2. The second-order valence-corrected chi connectivity index (χ2v) is 4.01. The second-order valence-electron chi connectivity index (χ2n) is 3.40. The van der Waals surface area contributed by atoms with E-state index in [0.717, 1.165) is 11.5 Å². The van der Waals surface area contributed by atoms with Gasteiger partial charge in [-0.15, -0.1) is 0 Å². The number of nitrogens with zero attached hydrogens (tertiary/aromatic N) is 3. The normalized spacial score (nSPS) is 35.9. The first kappa shape index (κ1) is 10.9. The van der Waals surface area contributed by atoms with Gasteiger partial charge >= 0.3 is 0 Å². The van der Waals surface area contributed by atoms with Gasteiger partial charge in [-0.3, -0.25) is 9.96 Å². The number of hydroxylamine groups is 2. The van der Waals surface area contributed by atoms with Crippen LogP contribution in [0.15, 0.2) is 5.38 Å². The molecule has 2 rings (SSSR count). The fraction of sp³-hybridized carbons (Fsp3) is 0.714. The Hall–Kier alpha value is -0.640. The van der Waals surface area contributed by atoms with Gasteiger partial charge < -0.3 is 15.1 Å². The minimum atomic E-state index is -1.10. The Morgan fingerprint density at radius 1 is 1.87 bits per heavy atom. The molecule has 1 aromatic heterocycles. The molecular weight excluding hydrogens is 220 g/mol. The van der Waals surface area contributed by atoms with Crippen LogP contribution in [0.25, 0.3) is 0 Å². The van der Waals surface area contributed by atoms with E-state index in [9.17, 15) is 10.3 Å². The first-order valence-corrected chi connectivity index (χ1v) is 5.29.